The van der Waals surface area contributed by atoms with Gasteiger partial charge in [-0.15, -0.1) is 0 Å². The van der Waals surface area contributed by atoms with E-state index in [0.717, 1.165) is 11.1 Å². The summed E-state index contributed by atoms with van der Waals surface area (Å²) in [6.45, 7) is 3.78. The Balaban J connectivity index is 2.32. The zero-order valence-electron chi connectivity index (χ0n) is 11.3. The average Bonchev–Trinajstić information content (AvgIpc) is 2.43. The van der Waals surface area contributed by atoms with Gasteiger partial charge in [-0.1, -0.05) is 12.1 Å². The molecule has 2 aromatic carbocycles. The summed E-state index contributed by atoms with van der Waals surface area (Å²) in [4.78, 5) is 0.192. The van der Waals surface area contributed by atoms with Gasteiger partial charge in [-0.25, -0.2) is 8.42 Å². The van der Waals surface area contributed by atoms with Crippen LogP contribution in [0.1, 0.15) is 11.1 Å². The molecule has 0 spiro atoms. The molecule has 0 radical (unpaired) electrons. The van der Waals surface area contributed by atoms with Gasteiger partial charge in [-0.05, 0) is 55.3 Å². The lowest BCUT2D eigenvalue weighted by atomic mass is 10.1. The number of sulfonamides is 1. The van der Waals surface area contributed by atoms with Crippen LogP contribution in [0.3, 0.4) is 0 Å². The summed E-state index contributed by atoms with van der Waals surface area (Å²) in [6, 6.07) is 11.9. The van der Waals surface area contributed by atoms with Gasteiger partial charge in [0.1, 0.15) is 0 Å². The number of anilines is 2. The van der Waals surface area contributed by atoms with Crippen molar-refractivity contribution in [2.75, 3.05) is 10.1 Å². The van der Waals surface area contributed by atoms with E-state index in [4.69, 9.17) is 5.84 Å². The van der Waals surface area contributed by atoms with Crippen LogP contribution in [-0.2, 0) is 10.0 Å². The first-order valence-corrected chi connectivity index (χ1v) is 7.57. The zero-order valence-corrected chi connectivity index (χ0v) is 12.2. The van der Waals surface area contributed by atoms with Crippen molar-refractivity contribution in [3.63, 3.8) is 0 Å². The molecule has 0 aliphatic rings. The van der Waals surface area contributed by atoms with Crippen molar-refractivity contribution in [2.24, 2.45) is 5.84 Å². The van der Waals surface area contributed by atoms with Crippen LogP contribution in [-0.4, -0.2) is 8.42 Å². The third kappa shape index (κ3) is 3.09. The molecular weight excluding hydrogens is 274 g/mol. The van der Waals surface area contributed by atoms with Crippen molar-refractivity contribution in [3.05, 3.63) is 53.6 Å². The Hall–Kier alpha value is -2.05. The Morgan fingerprint density at radius 3 is 2.25 bits per heavy atom. The van der Waals surface area contributed by atoms with E-state index in [0.29, 0.717) is 11.4 Å². The van der Waals surface area contributed by atoms with E-state index < -0.39 is 10.0 Å². The van der Waals surface area contributed by atoms with Crippen molar-refractivity contribution in [1.29, 1.82) is 0 Å². The van der Waals surface area contributed by atoms with Gasteiger partial charge in [0.05, 0.1) is 10.6 Å². The third-order valence-electron chi connectivity index (χ3n) is 2.97. The van der Waals surface area contributed by atoms with Gasteiger partial charge in [-0.2, -0.15) is 0 Å². The van der Waals surface area contributed by atoms with Crippen LogP contribution in [0.4, 0.5) is 11.4 Å². The van der Waals surface area contributed by atoms with Crippen LogP contribution in [0, 0.1) is 13.8 Å². The summed E-state index contributed by atoms with van der Waals surface area (Å²) < 4.78 is 27.2. The first-order valence-electron chi connectivity index (χ1n) is 6.09. The summed E-state index contributed by atoms with van der Waals surface area (Å²) in [5.41, 5.74) is 5.57. The lowest BCUT2D eigenvalue weighted by Crippen LogP contribution is -2.14. The number of nitrogens with two attached hydrogens (primary N) is 1. The quantitative estimate of drug-likeness (QED) is 0.596. The van der Waals surface area contributed by atoms with Crippen molar-refractivity contribution in [1.82, 2.24) is 0 Å². The highest BCUT2D eigenvalue weighted by atomic mass is 32.2. The summed E-state index contributed by atoms with van der Waals surface area (Å²) in [5, 5.41) is 0. The molecule has 0 aliphatic heterocycles. The molecule has 0 unspecified atom stereocenters. The molecule has 2 rings (SSSR count). The second-order valence-corrected chi connectivity index (χ2v) is 6.27. The maximum atomic E-state index is 12.3. The summed E-state index contributed by atoms with van der Waals surface area (Å²) in [7, 11) is -3.60. The smallest absolute Gasteiger partial charge is 0.261 e. The number of hydrogen-bond donors (Lipinski definition) is 3. The monoisotopic (exact) mass is 291 g/mol. The average molecular weight is 291 g/mol. The number of rotatable bonds is 4. The third-order valence-corrected chi connectivity index (χ3v) is 4.35. The number of nitrogen functional groups attached to an aromatic ring is 1. The molecule has 0 aliphatic carbocycles. The van der Waals surface area contributed by atoms with Crippen LogP contribution in [0.25, 0.3) is 0 Å². The summed E-state index contributed by atoms with van der Waals surface area (Å²) >= 11 is 0. The Labute approximate surface area is 118 Å². The van der Waals surface area contributed by atoms with E-state index in [9.17, 15) is 8.42 Å². The van der Waals surface area contributed by atoms with E-state index in [1.54, 1.807) is 12.1 Å². The molecular formula is C14H17N3O2S. The van der Waals surface area contributed by atoms with Gasteiger partial charge >= 0.3 is 0 Å². The predicted molar refractivity (Wildman–Crippen MR) is 81.0 cm³/mol. The Kier molecular flexibility index (Phi) is 3.96. The van der Waals surface area contributed by atoms with E-state index >= 15 is 0 Å². The van der Waals surface area contributed by atoms with E-state index in [-0.39, 0.29) is 4.90 Å². The van der Waals surface area contributed by atoms with Crippen molar-refractivity contribution < 1.29 is 8.42 Å². The SMILES string of the molecule is Cc1ccc(C)c(NS(=O)(=O)c2ccc(NN)cc2)c1. The van der Waals surface area contributed by atoms with Crippen molar-refractivity contribution in [3.8, 4) is 0 Å². The molecule has 5 nitrogen and oxygen atoms in total. The van der Waals surface area contributed by atoms with E-state index in [2.05, 4.69) is 10.1 Å². The molecule has 4 N–H and O–H groups in total. The van der Waals surface area contributed by atoms with Crippen molar-refractivity contribution in [2.45, 2.75) is 18.7 Å². The Bertz CT molecular complexity index is 710. The lowest BCUT2D eigenvalue weighted by molar-refractivity contribution is 0.601. The Morgan fingerprint density at radius 2 is 1.65 bits per heavy atom. The van der Waals surface area contributed by atoms with Crippen LogP contribution in [0.5, 0.6) is 0 Å². The molecule has 0 bridgehead atoms. The maximum Gasteiger partial charge on any atom is 0.261 e. The van der Waals surface area contributed by atoms with Gasteiger partial charge in [0.25, 0.3) is 10.0 Å². The number of nitrogens with one attached hydrogen (secondary N) is 2. The number of benzene rings is 2. The van der Waals surface area contributed by atoms with E-state index in [1.807, 2.05) is 32.0 Å². The lowest BCUT2D eigenvalue weighted by Gasteiger charge is -2.11. The molecule has 0 atom stereocenters. The second kappa shape index (κ2) is 5.52. The molecule has 106 valence electrons. The fourth-order valence-electron chi connectivity index (χ4n) is 1.78. The first kappa shape index (κ1) is 14.4. The molecule has 20 heavy (non-hydrogen) atoms. The molecule has 0 heterocycles. The fourth-order valence-corrected chi connectivity index (χ4v) is 2.90. The largest absolute Gasteiger partial charge is 0.324 e. The molecule has 0 amide bonds. The number of hydrazine groups is 1. The molecule has 0 fully saturated rings. The molecule has 0 saturated carbocycles. The van der Waals surface area contributed by atoms with Crippen LogP contribution >= 0.6 is 0 Å². The predicted octanol–water partition coefficient (Wildman–Crippen LogP) is 2.39. The molecule has 6 heteroatoms. The summed E-state index contributed by atoms with van der Waals surface area (Å²) in [5.74, 6) is 5.25. The minimum atomic E-state index is -3.60. The molecule has 0 aromatic heterocycles. The highest BCUT2D eigenvalue weighted by Gasteiger charge is 2.15. The second-order valence-electron chi connectivity index (χ2n) is 4.59. The highest BCUT2D eigenvalue weighted by Crippen LogP contribution is 2.21. The van der Waals surface area contributed by atoms with Gasteiger partial charge < -0.3 is 5.43 Å². The van der Waals surface area contributed by atoms with Gasteiger partial charge in [0, 0.05) is 5.69 Å². The van der Waals surface area contributed by atoms with Gasteiger partial charge in [0.15, 0.2) is 0 Å². The minimum absolute atomic E-state index is 0.192. The number of aryl methyl sites for hydroxylation is 2. The van der Waals surface area contributed by atoms with Gasteiger partial charge in [-0.3, -0.25) is 10.6 Å². The van der Waals surface area contributed by atoms with Crippen LogP contribution in [0.15, 0.2) is 47.4 Å². The van der Waals surface area contributed by atoms with Crippen LogP contribution < -0.4 is 16.0 Å². The van der Waals surface area contributed by atoms with E-state index in [1.165, 1.54) is 12.1 Å². The minimum Gasteiger partial charge on any atom is -0.324 e. The van der Waals surface area contributed by atoms with Crippen molar-refractivity contribution >= 4 is 21.4 Å². The highest BCUT2D eigenvalue weighted by molar-refractivity contribution is 7.92. The standard InChI is InChI=1S/C14H17N3O2S/c1-10-3-4-11(2)14(9-10)17-20(18,19)13-7-5-12(16-15)6-8-13/h3-9,16-17H,15H2,1-2H3. The normalized spacial score (nSPS) is 11.2. The molecule has 2 aromatic rings. The first-order chi connectivity index (χ1) is 9.42. The topological polar surface area (TPSA) is 84.2 Å². The fraction of sp³-hybridized carbons (Fsp3) is 0.143. The zero-order chi connectivity index (χ0) is 14.8. The summed E-state index contributed by atoms with van der Waals surface area (Å²) in [6.07, 6.45) is 0. The maximum absolute atomic E-state index is 12.3. The Morgan fingerprint density at radius 1 is 1.00 bits per heavy atom. The van der Waals surface area contributed by atoms with Crippen LogP contribution in [0.2, 0.25) is 0 Å². The molecule has 0 saturated heterocycles. The number of hydrogen-bond acceptors (Lipinski definition) is 4. The van der Waals surface area contributed by atoms with Gasteiger partial charge in [0.2, 0.25) is 0 Å².